The third kappa shape index (κ3) is 6.17. The minimum atomic E-state index is -3.92. The highest BCUT2D eigenvalue weighted by atomic mass is 32.2. The molecule has 10 heteroatoms. The number of carbonyl (C=O) groups is 2. The molecule has 0 radical (unpaired) electrons. The minimum Gasteiger partial charge on any atom is -0.355 e. The largest absolute Gasteiger partial charge is 0.355 e. The zero-order chi connectivity index (χ0) is 24.9. The Morgan fingerprint density at radius 1 is 1.24 bits per heavy atom. The maximum atomic E-state index is 13.0. The maximum Gasteiger partial charge on any atom is 0.239 e. The number of halogens is 1. The number of carbonyl (C=O) groups excluding carboxylic acids is 2. The number of hydrogen-bond acceptors (Lipinski definition) is 7. The van der Waals surface area contributed by atoms with Crippen molar-refractivity contribution < 1.29 is 22.4 Å². The fourth-order valence-corrected chi connectivity index (χ4v) is 5.16. The Hall–Kier alpha value is -3.32. The third-order valence-corrected chi connectivity index (χ3v) is 7.01. The molecule has 1 aliphatic heterocycles. The lowest BCUT2D eigenvalue weighted by atomic mass is 9.95. The Kier molecular flexibility index (Phi) is 7.99. The number of nitrogens with zero attached hydrogens (tertiary/aromatic N) is 3. The average Bonchev–Trinajstić information content (AvgIpc) is 2.80. The van der Waals surface area contributed by atoms with Crippen molar-refractivity contribution in [3.8, 4) is 6.07 Å². The van der Waals surface area contributed by atoms with Crippen LogP contribution in [0.3, 0.4) is 0 Å². The van der Waals surface area contributed by atoms with E-state index in [9.17, 15) is 27.7 Å². The quantitative estimate of drug-likeness (QED) is 0.569. The lowest BCUT2D eigenvalue weighted by Gasteiger charge is -2.32. The van der Waals surface area contributed by atoms with Crippen LogP contribution >= 0.6 is 0 Å². The summed E-state index contributed by atoms with van der Waals surface area (Å²) in [4.78, 5) is 31.3. The van der Waals surface area contributed by atoms with Crippen LogP contribution in [-0.2, 0) is 20.6 Å². The van der Waals surface area contributed by atoms with Crippen molar-refractivity contribution in [2.24, 2.45) is 5.92 Å². The molecule has 2 aromatic rings. The molecule has 1 amide bonds. The summed E-state index contributed by atoms with van der Waals surface area (Å²) < 4.78 is 39.9. The van der Waals surface area contributed by atoms with Gasteiger partial charge in [-0.25, -0.2) is 17.8 Å². The van der Waals surface area contributed by atoms with Gasteiger partial charge in [-0.3, -0.25) is 14.3 Å². The molecule has 3 rings (SSSR count). The van der Waals surface area contributed by atoms with Crippen LogP contribution in [0.4, 0.5) is 10.2 Å². The second-order valence-corrected chi connectivity index (χ2v) is 10.1. The molecule has 0 spiro atoms. The number of Topliss-reactive ketones (excluding diaryl/α,β-unsaturated/α-hetero) is 1. The Labute approximate surface area is 198 Å². The first-order chi connectivity index (χ1) is 16.1. The second kappa shape index (κ2) is 10.7. The Bertz CT molecular complexity index is 1210. The Balaban J connectivity index is 1.64. The van der Waals surface area contributed by atoms with E-state index in [1.54, 1.807) is 13.0 Å². The van der Waals surface area contributed by atoms with Crippen molar-refractivity contribution in [3.63, 3.8) is 0 Å². The van der Waals surface area contributed by atoms with Crippen molar-refractivity contribution in [1.29, 1.82) is 5.26 Å². The molecule has 1 aromatic heterocycles. The first-order valence-corrected chi connectivity index (χ1v) is 12.8. The van der Waals surface area contributed by atoms with Gasteiger partial charge in [-0.05, 0) is 49.9 Å². The van der Waals surface area contributed by atoms with Crippen LogP contribution < -0.4 is 9.62 Å². The summed E-state index contributed by atoms with van der Waals surface area (Å²) in [6, 6.07) is 8.75. The monoisotopic (exact) mass is 486 g/mol. The van der Waals surface area contributed by atoms with Gasteiger partial charge in [0, 0.05) is 31.0 Å². The summed E-state index contributed by atoms with van der Waals surface area (Å²) in [6.45, 7) is 4.48. The summed E-state index contributed by atoms with van der Waals surface area (Å²) in [5, 5.41) is 9.60. The molecule has 1 fully saturated rings. The standard InChI is InChI=1S/C24H27FN4O4S/c1-3-4-22(30)21-13-19(14-26)23(27-16(21)2)29-11-9-18(10-12-29)24(31)28-34(32,33)15-17-5-7-20(25)8-6-17/h5-8,13,18H,3-4,9-12,15H2,1-2H3,(H,28,31). The molecular weight excluding hydrogens is 459 g/mol. The van der Waals surface area contributed by atoms with Crippen LogP contribution in [0, 0.1) is 30.0 Å². The smallest absolute Gasteiger partial charge is 0.239 e. The van der Waals surface area contributed by atoms with Crippen molar-refractivity contribution in [2.45, 2.75) is 45.3 Å². The number of sulfonamides is 1. The van der Waals surface area contributed by atoms with Crippen molar-refractivity contribution in [1.82, 2.24) is 9.71 Å². The number of amides is 1. The summed E-state index contributed by atoms with van der Waals surface area (Å²) >= 11 is 0. The number of aryl methyl sites for hydroxylation is 1. The topological polar surface area (TPSA) is 120 Å². The first-order valence-electron chi connectivity index (χ1n) is 11.1. The summed E-state index contributed by atoms with van der Waals surface area (Å²) in [5.41, 5.74) is 1.68. The molecule has 0 atom stereocenters. The molecule has 34 heavy (non-hydrogen) atoms. The minimum absolute atomic E-state index is 0.0484. The molecule has 180 valence electrons. The molecule has 1 aromatic carbocycles. The molecule has 8 nitrogen and oxygen atoms in total. The van der Waals surface area contributed by atoms with Gasteiger partial charge in [0.05, 0.1) is 17.0 Å². The maximum absolute atomic E-state index is 13.0. The highest BCUT2D eigenvalue weighted by Gasteiger charge is 2.29. The van der Waals surface area contributed by atoms with Gasteiger partial charge in [0.1, 0.15) is 17.7 Å². The number of rotatable bonds is 8. The van der Waals surface area contributed by atoms with Gasteiger partial charge in [0.25, 0.3) is 0 Å². The number of aromatic nitrogens is 1. The number of anilines is 1. The zero-order valence-electron chi connectivity index (χ0n) is 19.2. The van der Waals surface area contributed by atoms with Gasteiger partial charge in [0.15, 0.2) is 5.78 Å². The zero-order valence-corrected chi connectivity index (χ0v) is 20.0. The van der Waals surface area contributed by atoms with E-state index >= 15 is 0 Å². The Morgan fingerprint density at radius 3 is 2.47 bits per heavy atom. The summed E-state index contributed by atoms with van der Waals surface area (Å²) in [5.74, 6) is -1.55. The summed E-state index contributed by atoms with van der Waals surface area (Å²) in [6.07, 6.45) is 1.87. The normalized spacial score (nSPS) is 14.5. The number of ketones is 1. The van der Waals surface area contributed by atoms with E-state index in [1.165, 1.54) is 24.3 Å². The predicted octanol–water partition coefficient (Wildman–Crippen LogP) is 3.25. The second-order valence-electron chi connectivity index (χ2n) is 8.39. The van der Waals surface area contributed by atoms with Crippen molar-refractivity contribution >= 4 is 27.5 Å². The number of piperidine rings is 1. The third-order valence-electron chi connectivity index (χ3n) is 5.78. The van der Waals surface area contributed by atoms with E-state index in [4.69, 9.17) is 0 Å². The van der Waals surface area contributed by atoms with Crippen LogP contribution in [0.25, 0.3) is 0 Å². The highest BCUT2D eigenvalue weighted by Crippen LogP contribution is 2.27. The lowest BCUT2D eigenvalue weighted by Crippen LogP contribution is -2.43. The predicted molar refractivity (Wildman–Crippen MR) is 125 cm³/mol. The molecular formula is C24H27FN4O4S. The highest BCUT2D eigenvalue weighted by molar-refractivity contribution is 7.89. The van der Waals surface area contributed by atoms with Crippen molar-refractivity contribution in [2.75, 3.05) is 18.0 Å². The van der Waals surface area contributed by atoms with Gasteiger partial charge < -0.3 is 4.90 Å². The number of hydrogen-bond donors (Lipinski definition) is 1. The molecule has 0 aliphatic carbocycles. The lowest BCUT2D eigenvalue weighted by molar-refractivity contribution is -0.123. The van der Waals surface area contributed by atoms with Crippen LogP contribution in [0.5, 0.6) is 0 Å². The first kappa shape index (κ1) is 25.3. The van der Waals surface area contributed by atoms with Gasteiger partial charge in [-0.1, -0.05) is 19.1 Å². The number of nitrogens with one attached hydrogen (secondary N) is 1. The molecule has 0 bridgehead atoms. The van der Waals surface area contributed by atoms with E-state index in [-0.39, 0.29) is 5.78 Å². The Morgan fingerprint density at radius 2 is 1.88 bits per heavy atom. The van der Waals surface area contributed by atoms with E-state index in [2.05, 4.69) is 15.8 Å². The van der Waals surface area contributed by atoms with E-state index in [0.29, 0.717) is 67.0 Å². The SMILES string of the molecule is CCCC(=O)c1cc(C#N)c(N2CCC(C(=O)NS(=O)(=O)Cc3ccc(F)cc3)CC2)nc1C. The van der Waals surface area contributed by atoms with Gasteiger partial charge in [-0.15, -0.1) is 0 Å². The molecule has 0 unspecified atom stereocenters. The molecule has 0 saturated carbocycles. The molecule has 2 heterocycles. The van der Waals surface area contributed by atoms with Crippen LogP contribution in [0.2, 0.25) is 0 Å². The van der Waals surface area contributed by atoms with E-state index in [0.717, 1.165) is 0 Å². The fourth-order valence-electron chi connectivity index (χ4n) is 3.99. The van der Waals surface area contributed by atoms with Crippen LogP contribution in [0.15, 0.2) is 30.3 Å². The van der Waals surface area contributed by atoms with Gasteiger partial charge >= 0.3 is 0 Å². The van der Waals surface area contributed by atoms with Crippen molar-refractivity contribution in [3.05, 3.63) is 58.5 Å². The fraction of sp³-hybridized carbons (Fsp3) is 0.417. The molecule has 1 N–H and O–H groups in total. The molecule has 1 saturated heterocycles. The van der Waals surface area contributed by atoms with Gasteiger partial charge in [0.2, 0.25) is 15.9 Å². The van der Waals surface area contributed by atoms with Gasteiger partial charge in [-0.2, -0.15) is 5.26 Å². The number of pyridine rings is 1. The summed E-state index contributed by atoms with van der Waals surface area (Å²) in [7, 11) is -3.92. The average molecular weight is 487 g/mol. The van der Waals surface area contributed by atoms with E-state index < -0.39 is 33.4 Å². The number of benzene rings is 1. The van der Waals surface area contributed by atoms with Crippen LogP contribution in [-0.4, -0.2) is 38.2 Å². The van der Waals surface area contributed by atoms with E-state index in [1.807, 2.05) is 11.8 Å². The number of nitriles is 1. The molecule has 1 aliphatic rings. The van der Waals surface area contributed by atoms with Crippen LogP contribution in [0.1, 0.15) is 59.8 Å².